The van der Waals surface area contributed by atoms with Gasteiger partial charge in [-0.3, -0.25) is 0 Å². The van der Waals surface area contributed by atoms with Crippen molar-refractivity contribution in [1.29, 1.82) is 0 Å². The van der Waals surface area contributed by atoms with Gasteiger partial charge in [0.25, 0.3) is 0 Å². The first kappa shape index (κ1) is 9.83. The summed E-state index contributed by atoms with van der Waals surface area (Å²) < 4.78 is 0. The van der Waals surface area contributed by atoms with Crippen molar-refractivity contribution < 1.29 is 0 Å². The van der Waals surface area contributed by atoms with Gasteiger partial charge in [-0.05, 0) is 38.0 Å². The Morgan fingerprint density at radius 3 is 2.75 bits per heavy atom. The van der Waals surface area contributed by atoms with Gasteiger partial charge in [0.05, 0.1) is 0 Å². The Morgan fingerprint density at radius 1 is 1.08 bits per heavy atom. The highest BCUT2D eigenvalue weighted by molar-refractivity contribution is 4.87. The summed E-state index contributed by atoms with van der Waals surface area (Å²) in [5, 5.41) is 0. The summed E-state index contributed by atoms with van der Waals surface area (Å²) >= 11 is 0. The van der Waals surface area contributed by atoms with E-state index in [9.17, 15) is 0 Å². The van der Waals surface area contributed by atoms with Crippen LogP contribution in [-0.4, -0.2) is 0 Å². The zero-order valence-corrected chi connectivity index (χ0v) is 8.26. The zero-order valence-electron chi connectivity index (χ0n) is 8.26. The predicted octanol–water partition coefficient (Wildman–Crippen LogP) is 4.13. The topological polar surface area (TPSA) is 0 Å². The summed E-state index contributed by atoms with van der Waals surface area (Å²) in [7, 11) is 0. The number of allylic oxidation sites excluding steroid dienone is 2. The Morgan fingerprint density at radius 2 is 1.92 bits per heavy atom. The fourth-order valence-electron chi connectivity index (χ4n) is 1.83. The molecule has 1 rings (SSSR count). The Labute approximate surface area is 77.1 Å². The van der Waals surface area contributed by atoms with Crippen LogP contribution in [0, 0.1) is 12.3 Å². The molecule has 0 aromatic carbocycles. The van der Waals surface area contributed by atoms with Gasteiger partial charge in [0, 0.05) is 0 Å². The lowest BCUT2D eigenvalue weighted by molar-refractivity contribution is 0.500. The highest BCUT2D eigenvalue weighted by Gasteiger charge is 2.04. The molecule has 0 aliphatic heterocycles. The fourth-order valence-corrected chi connectivity index (χ4v) is 1.83. The van der Waals surface area contributed by atoms with Crippen LogP contribution in [0.2, 0.25) is 0 Å². The molecule has 0 saturated heterocycles. The summed E-state index contributed by atoms with van der Waals surface area (Å²) in [6.07, 6.45) is 16.8. The third-order valence-electron chi connectivity index (χ3n) is 2.77. The minimum atomic E-state index is 0.847. The van der Waals surface area contributed by atoms with E-state index in [4.69, 9.17) is 0 Å². The third kappa shape index (κ3) is 3.94. The molecule has 0 aromatic heterocycles. The van der Waals surface area contributed by atoms with E-state index in [0.29, 0.717) is 0 Å². The van der Waals surface area contributed by atoms with E-state index >= 15 is 0 Å². The lowest BCUT2D eigenvalue weighted by Gasteiger charge is -2.12. The zero-order chi connectivity index (χ0) is 8.65. The van der Waals surface area contributed by atoms with Crippen LogP contribution in [0.5, 0.6) is 0 Å². The molecule has 0 aromatic rings. The average molecular weight is 165 g/mol. The van der Waals surface area contributed by atoms with Crippen LogP contribution in [0.25, 0.3) is 0 Å². The van der Waals surface area contributed by atoms with Gasteiger partial charge in [0.15, 0.2) is 0 Å². The quantitative estimate of drug-likeness (QED) is 0.512. The Hall–Kier alpha value is -0.260. The molecule has 0 saturated carbocycles. The normalized spacial score (nSPS) is 29.6. The Bertz CT molecular complexity index is 124. The van der Waals surface area contributed by atoms with Gasteiger partial charge in [0.1, 0.15) is 0 Å². The van der Waals surface area contributed by atoms with Gasteiger partial charge >= 0.3 is 0 Å². The molecule has 0 N–H and O–H groups in total. The van der Waals surface area contributed by atoms with Crippen molar-refractivity contribution in [3.8, 4) is 0 Å². The average Bonchev–Trinajstić information content (AvgIpc) is 2.14. The van der Waals surface area contributed by atoms with Gasteiger partial charge in [-0.25, -0.2) is 0 Å². The molecule has 0 fully saturated rings. The molecule has 1 aliphatic carbocycles. The van der Waals surface area contributed by atoms with Crippen LogP contribution in [0.3, 0.4) is 0 Å². The van der Waals surface area contributed by atoms with E-state index in [2.05, 4.69) is 25.5 Å². The molecule has 0 bridgehead atoms. The van der Waals surface area contributed by atoms with Gasteiger partial charge < -0.3 is 0 Å². The van der Waals surface area contributed by atoms with Gasteiger partial charge in [-0.15, -0.1) is 0 Å². The van der Waals surface area contributed by atoms with Crippen molar-refractivity contribution in [2.24, 2.45) is 5.92 Å². The standard InChI is InChI=1S/C12H21/c1-2-12-10-8-6-4-3-5-7-9-11-12/h2,6,8,12H,3-5,7,9-11H2,1H3/b8-6-. The smallest absolute Gasteiger partial charge is 0.0320 e. The van der Waals surface area contributed by atoms with Crippen LogP contribution in [0.15, 0.2) is 12.2 Å². The van der Waals surface area contributed by atoms with Crippen LogP contribution < -0.4 is 0 Å². The molecule has 0 spiro atoms. The first-order valence-corrected chi connectivity index (χ1v) is 5.38. The molecule has 0 amide bonds. The minimum absolute atomic E-state index is 0.847. The van der Waals surface area contributed by atoms with Crippen molar-refractivity contribution >= 4 is 0 Å². The summed E-state index contributed by atoms with van der Waals surface area (Å²) in [5.41, 5.74) is 0. The van der Waals surface area contributed by atoms with Gasteiger partial charge in [-0.2, -0.15) is 0 Å². The van der Waals surface area contributed by atoms with Crippen LogP contribution in [0.4, 0.5) is 0 Å². The van der Waals surface area contributed by atoms with Crippen molar-refractivity contribution in [3.63, 3.8) is 0 Å². The van der Waals surface area contributed by atoms with Crippen LogP contribution in [0.1, 0.15) is 51.9 Å². The molecule has 1 unspecified atom stereocenters. The third-order valence-corrected chi connectivity index (χ3v) is 2.77. The van der Waals surface area contributed by atoms with Crippen molar-refractivity contribution in [2.75, 3.05) is 0 Å². The lowest BCUT2D eigenvalue weighted by Crippen LogP contribution is -1.98. The predicted molar refractivity (Wildman–Crippen MR) is 54.9 cm³/mol. The Balaban J connectivity index is 2.29. The van der Waals surface area contributed by atoms with E-state index < -0.39 is 0 Å². The molecule has 0 heterocycles. The number of rotatable bonds is 1. The summed E-state index contributed by atoms with van der Waals surface area (Å²) in [5.74, 6) is 0.847. The largest absolute Gasteiger partial charge is 0.0885 e. The number of hydrogen-bond acceptors (Lipinski definition) is 0. The molecule has 12 heavy (non-hydrogen) atoms. The second-order valence-corrected chi connectivity index (χ2v) is 3.79. The monoisotopic (exact) mass is 165 g/mol. The Kier molecular flexibility index (Phi) is 5.14. The summed E-state index contributed by atoms with van der Waals surface area (Å²) in [6, 6.07) is 0. The highest BCUT2D eigenvalue weighted by atomic mass is 14.1. The molecular weight excluding hydrogens is 144 g/mol. The van der Waals surface area contributed by atoms with Crippen LogP contribution in [-0.2, 0) is 0 Å². The van der Waals surface area contributed by atoms with Gasteiger partial charge in [-0.1, -0.05) is 38.3 Å². The van der Waals surface area contributed by atoms with Crippen molar-refractivity contribution in [1.82, 2.24) is 0 Å². The second-order valence-electron chi connectivity index (χ2n) is 3.79. The first-order valence-electron chi connectivity index (χ1n) is 5.38. The molecule has 1 radical (unpaired) electrons. The van der Waals surface area contributed by atoms with E-state index in [0.717, 1.165) is 5.92 Å². The fraction of sp³-hybridized carbons (Fsp3) is 0.750. The minimum Gasteiger partial charge on any atom is -0.0885 e. The summed E-state index contributed by atoms with van der Waals surface area (Å²) in [6.45, 7) is 2.20. The van der Waals surface area contributed by atoms with E-state index in [1.807, 2.05) is 0 Å². The van der Waals surface area contributed by atoms with E-state index in [1.165, 1.54) is 44.9 Å². The highest BCUT2D eigenvalue weighted by Crippen LogP contribution is 2.19. The lowest BCUT2D eigenvalue weighted by atomic mass is 9.93. The SMILES string of the molecule is C[CH]C1C/C=C\CCCCCC1. The molecule has 1 aliphatic rings. The van der Waals surface area contributed by atoms with Crippen molar-refractivity contribution in [3.05, 3.63) is 18.6 Å². The molecule has 0 nitrogen and oxygen atoms in total. The molecular formula is C12H21. The van der Waals surface area contributed by atoms with E-state index in [1.54, 1.807) is 0 Å². The van der Waals surface area contributed by atoms with Gasteiger partial charge in [0.2, 0.25) is 0 Å². The first-order chi connectivity index (χ1) is 5.93. The molecule has 1 atom stereocenters. The summed E-state index contributed by atoms with van der Waals surface area (Å²) in [4.78, 5) is 0. The van der Waals surface area contributed by atoms with Crippen molar-refractivity contribution in [2.45, 2.75) is 51.9 Å². The second kappa shape index (κ2) is 6.28. The maximum Gasteiger partial charge on any atom is -0.0320 e. The maximum atomic E-state index is 2.37. The maximum absolute atomic E-state index is 2.37. The molecule has 69 valence electrons. The van der Waals surface area contributed by atoms with Crippen LogP contribution >= 0.6 is 0 Å². The molecule has 0 heteroatoms. The number of hydrogen-bond donors (Lipinski definition) is 0. The van der Waals surface area contributed by atoms with E-state index in [-0.39, 0.29) is 0 Å².